The van der Waals surface area contributed by atoms with E-state index in [0.717, 1.165) is 36.5 Å². The highest BCUT2D eigenvalue weighted by molar-refractivity contribution is 6.30. The van der Waals surface area contributed by atoms with Crippen LogP contribution in [0.4, 0.5) is 5.82 Å². The lowest BCUT2D eigenvalue weighted by molar-refractivity contribution is 0.141. The van der Waals surface area contributed by atoms with Gasteiger partial charge in [-0.05, 0) is 24.8 Å². The first kappa shape index (κ1) is 16.3. The zero-order valence-electron chi connectivity index (χ0n) is 13.4. The van der Waals surface area contributed by atoms with Crippen LogP contribution in [0.15, 0.2) is 12.7 Å². The highest BCUT2D eigenvalue weighted by atomic mass is 35.5. The summed E-state index contributed by atoms with van der Waals surface area (Å²) in [6.07, 6.45) is 9.28. The van der Waals surface area contributed by atoms with Crippen molar-refractivity contribution in [3.8, 4) is 6.07 Å². The fourth-order valence-corrected chi connectivity index (χ4v) is 4.05. The monoisotopic (exact) mass is 330 g/mol. The number of halogens is 1. The number of fused-ring (bicyclic) bond motifs is 1. The summed E-state index contributed by atoms with van der Waals surface area (Å²) in [5.74, 6) is 0.812. The Labute approximate surface area is 143 Å². The van der Waals surface area contributed by atoms with Gasteiger partial charge in [0, 0.05) is 31.2 Å². The molecule has 2 heterocycles. The Bertz CT molecular complexity index is 629. The third kappa shape index (κ3) is 3.36. The molecule has 0 saturated heterocycles. The van der Waals surface area contributed by atoms with E-state index in [1.807, 2.05) is 0 Å². The van der Waals surface area contributed by atoms with Gasteiger partial charge in [-0.15, -0.1) is 6.58 Å². The van der Waals surface area contributed by atoms with Crippen LogP contribution in [0.2, 0.25) is 5.15 Å². The minimum atomic E-state index is 0.309. The summed E-state index contributed by atoms with van der Waals surface area (Å²) in [5.41, 5.74) is 2.77. The molecule has 0 atom stereocenters. The van der Waals surface area contributed by atoms with Crippen LogP contribution >= 0.6 is 11.6 Å². The van der Waals surface area contributed by atoms with E-state index in [1.54, 1.807) is 6.08 Å². The van der Waals surface area contributed by atoms with Crippen molar-refractivity contribution < 1.29 is 0 Å². The predicted octanol–water partition coefficient (Wildman–Crippen LogP) is 3.90. The van der Waals surface area contributed by atoms with Gasteiger partial charge in [-0.2, -0.15) is 5.26 Å². The second-order valence-corrected chi connectivity index (χ2v) is 6.74. The molecule has 1 aliphatic carbocycles. The van der Waals surface area contributed by atoms with Crippen molar-refractivity contribution in [3.05, 3.63) is 34.5 Å². The van der Waals surface area contributed by atoms with Crippen LogP contribution in [0.1, 0.15) is 48.8 Å². The molecular formula is C18H23ClN4. The maximum absolute atomic E-state index is 9.51. The fourth-order valence-electron chi connectivity index (χ4n) is 3.81. The van der Waals surface area contributed by atoms with E-state index in [9.17, 15) is 5.26 Å². The Morgan fingerprint density at radius 1 is 1.35 bits per heavy atom. The molecule has 0 unspecified atom stereocenters. The maximum atomic E-state index is 9.51. The first-order valence-corrected chi connectivity index (χ1v) is 8.82. The number of aromatic nitrogens is 1. The average Bonchev–Trinajstić information content (AvgIpc) is 2.60. The molecule has 0 bridgehead atoms. The lowest BCUT2D eigenvalue weighted by atomic mass is 9.90. The van der Waals surface area contributed by atoms with Crippen LogP contribution in [0.5, 0.6) is 0 Å². The van der Waals surface area contributed by atoms with Crippen LogP contribution in [-0.2, 0) is 13.0 Å². The van der Waals surface area contributed by atoms with E-state index in [2.05, 4.69) is 27.8 Å². The Morgan fingerprint density at radius 3 is 2.83 bits per heavy atom. The molecule has 5 heteroatoms. The van der Waals surface area contributed by atoms with Gasteiger partial charge in [0.15, 0.2) is 0 Å². The summed E-state index contributed by atoms with van der Waals surface area (Å²) in [6.45, 7) is 6.23. The summed E-state index contributed by atoms with van der Waals surface area (Å²) in [4.78, 5) is 6.94. The van der Waals surface area contributed by atoms with Crippen molar-refractivity contribution in [2.75, 3.05) is 18.4 Å². The molecule has 0 amide bonds. The molecule has 1 aliphatic heterocycles. The second kappa shape index (κ2) is 7.33. The molecule has 1 saturated carbocycles. The lowest BCUT2D eigenvalue weighted by Crippen LogP contribution is -2.41. The SMILES string of the molecule is C=CCNc1nc(Cl)c(C#N)c2c1CCN(C1CCCCC1)C2. The average molecular weight is 331 g/mol. The number of nitrogens with zero attached hydrogens (tertiary/aromatic N) is 3. The van der Waals surface area contributed by atoms with Crippen LogP contribution < -0.4 is 5.32 Å². The van der Waals surface area contributed by atoms with Crippen molar-refractivity contribution in [1.29, 1.82) is 5.26 Å². The number of hydrogen-bond donors (Lipinski definition) is 1. The summed E-state index contributed by atoms with van der Waals surface area (Å²) < 4.78 is 0. The Kier molecular flexibility index (Phi) is 5.20. The molecule has 2 aliphatic rings. The summed E-state index contributed by atoms with van der Waals surface area (Å²) in [5, 5.41) is 13.1. The number of pyridine rings is 1. The van der Waals surface area contributed by atoms with Crippen LogP contribution in [0.25, 0.3) is 0 Å². The van der Waals surface area contributed by atoms with Gasteiger partial charge in [-0.25, -0.2) is 4.98 Å². The maximum Gasteiger partial charge on any atom is 0.149 e. The number of anilines is 1. The summed E-state index contributed by atoms with van der Waals surface area (Å²) in [7, 11) is 0. The van der Waals surface area contributed by atoms with Gasteiger partial charge in [0.2, 0.25) is 0 Å². The molecule has 1 fully saturated rings. The molecule has 3 rings (SSSR count). The minimum absolute atomic E-state index is 0.309. The Balaban J connectivity index is 1.91. The zero-order valence-corrected chi connectivity index (χ0v) is 14.2. The third-order valence-corrected chi connectivity index (χ3v) is 5.27. The fraction of sp³-hybridized carbons (Fsp3) is 0.556. The number of rotatable bonds is 4. The smallest absolute Gasteiger partial charge is 0.149 e. The Morgan fingerprint density at radius 2 is 2.13 bits per heavy atom. The number of nitrogens with one attached hydrogen (secondary N) is 1. The molecule has 0 spiro atoms. The highest BCUT2D eigenvalue weighted by Crippen LogP contribution is 2.34. The van der Waals surface area contributed by atoms with Crippen molar-refractivity contribution in [2.45, 2.75) is 51.1 Å². The normalized spacial score (nSPS) is 19.0. The van der Waals surface area contributed by atoms with Gasteiger partial charge in [-0.3, -0.25) is 4.90 Å². The predicted molar refractivity (Wildman–Crippen MR) is 93.6 cm³/mol. The van der Waals surface area contributed by atoms with Gasteiger partial charge < -0.3 is 5.32 Å². The first-order valence-electron chi connectivity index (χ1n) is 8.44. The summed E-state index contributed by atoms with van der Waals surface area (Å²) in [6, 6.07) is 2.91. The van der Waals surface area contributed by atoms with E-state index in [-0.39, 0.29) is 0 Å². The molecule has 0 aromatic carbocycles. The summed E-state index contributed by atoms with van der Waals surface area (Å²) >= 11 is 6.26. The molecule has 23 heavy (non-hydrogen) atoms. The van der Waals surface area contributed by atoms with E-state index in [0.29, 0.717) is 23.3 Å². The number of hydrogen-bond acceptors (Lipinski definition) is 4. The molecule has 1 aromatic rings. The van der Waals surface area contributed by atoms with Crippen molar-refractivity contribution in [1.82, 2.24) is 9.88 Å². The molecule has 4 nitrogen and oxygen atoms in total. The molecule has 0 radical (unpaired) electrons. The van der Waals surface area contributed by atoms with Crippen molar-refractivity contribution in [3.63, 3.8) is 0 Å². The lowest BCUT2D eigenvalue weighted by Gasteiger charge is -2.38. The molecular weight excluding hydrogens is 308 g/mol. The van der Waals surface area contributed by atoms with E-state index >= 15 is 0 Å². The van der Waals surface area contributed by atoms with Gasteiger partial charge in [0.25, 0.3) is 0 Å². The molecule has 122 valence electrons. The van der Waals surface area contributed by atoms with Gasteiger partial charge in [0.05, 0.1) is 5.56 Å². The minimum Gasteiger partial charge on any atom is -0.366 e. The van der Waals surface area contributed by atoms with E-state index in [4.69, 9.17) is 11.6 Å². The van der Waals surface area contributed by atoms with Crippen molar-refractivity contribution >= 4 is 17.4 Å². The van der Waals surface area contributed by atoms with Crippen LogP contribution in [0.3, 0.4) is 0 Å². The zero-order chi connectivity index (χ0) is 16.2. The van der Waals surface area contributed by atoms with Gasteiger partial charge in [-0.1, -0.05) is 36.9 Å². The quantitative estimate of drug-likeness (QED) is 0.672. The standard InChI is InChI=1S/C18H23ClN4/c1-2-9-21-18-14-8-10-23(13-6-4-3-5-7-13)12-16(14)15(11-20)17(19)22-18/h2,13H,1,3-10,12H2,(H,21,22). The Hall–Kier alpha value is -1.57. The third-order valence-electron chi connectivity index (χ3n) is 5.00. The second-order valence-electron chi connectivity index (χ2n) is 6.38. The van der Waals surface area contributed by atoms with Crippen molar-refractivity contribution in [2.24, 2.45) is 0 Å². The van der Waals surface area contributed by atoms with Gasteiger partial charge >= 0.3 is 0 Å². The number of nitriles is 1. The van der Waals surface area contributed by atoms with Crippen LogP contribution in [0, 0.1) is 11.3 Å². The molecule has 1 N–H and O–H groups in total. The van der Waals surface area contributed by atoms with E-state index in [1.165, 1.54) is 32.1 Å². The van der Waals surface area contributed by atoms with E-state index < -0.39 is 0 Å². The first-order chi connectivity index (χ1) is 11.2. The highest BCUT2D eigenvalue weighted by Gasteiger charge is 2.29. The van der Waals surface area contributed by atoms with Crippen LogP contribution in [-0.4, -0.2) is 29.0 Å². The molecule has 1 aromatic heterocycles. The van der Waals surface area contributed by atoms with Gasteiger partial charge in [0.1, 0.15) is 17.0 Å². The largest absolute Gasteiger partial charge is 0.366 e. The topological polar surface area (TPSA) is 52.0 Å².